The molecule has 2 N–H and O–H groups in total. The van der Waals surface area contributed by atoms with E-state index in [4.69, 9.17) is 4.74 Å². The molecule has 0 spiro atoms. The standard InChI is InChI=1S/C27H29N3O3/c1-27(2,26(31)32)18-33-23-13-9-20(10-14-23)24-15-11-21(16-28-24)25-29-17-22(30-25)12-8-19-6-4-3-5-7-19/h3-7,9-10,13-14,16-17H,8,11-12,15,18H2,1-2H3,(H,29,30)(H,31,32). The third kappa shape index (κ3) is 5.77. The van der Waals surface area contributed by atoms with Crippen molar-refractivity contribution in [2.24, 2.45) is 10.4 Å². The minimum Gasteiger partial charge on any atom is -0.492 e. The van der Waals surface area contributed by atoms with Crippen molar-refractivity contribution in [3.05, 3.63) is 89.6 Å². The molecule has 33 heavy (non-hydrogen) atoms. The first kappa shape index (κ1) is 22.5. The predicted octanol–water partition coefficient (Wildman–Crippen LogP) is 5.31. The Morgan fingerprint density at radius 2 is 1.82 bits per heavy atom. The van der Waals surface area contributed by atoms with Crippen LogP contribution in [0.3, 0.4) is 0 Å². The lowest BCUT2D eigenvalue weighted by Crippen LogP contribution is -2.30. The SMILES string of the molecule is CC(C)(COc1ccc(C2=NC=C(c3ncc(CCc4ccccc4)[nH]3)CC2)cc1)C(=O)O. The Morgan fingerprint density at radius 3 is 2.48 bits per heavy atom. The zero-order valence-corrected chi connectivity index (χ0v) is 19.0. The summed E-state index contributed by atoms with van der Waals surface area (Å²) in [5.74, 6) is 0.670. The van der Waals surface area contributed by atoms with Gasteiger partial charge in [-0.05, 0) is 74.9 Å². The largest absolute Gasteiger partial charge is 0.492 e. The average molecular weight is 444 g/mol. The number of aliphatic carboxylic acids is 1. The number of benzene rings is 2. The van der Waals surface area contributed by atoms with Gasteiger partial charge in [-0.3, -0.25) is 9.79 Å². The number of ether oxygens (including phenoxy) is 1. The Morgan fingerprint density at radius 1 is 1.06 bits per heavy atom. The van der Waals surface area contributed by atoms with Crippen molar-refractivity contribution < 1.29 is 14.6 Å². The van der Waals surface area contributed by atoms with Crippen LogP contribution in [0.5, 0.6) is 5.75 Å². The van der Waals surface area contributed by atoms with Gasteiger partial charge >= 0.3 is 5.97 Å². The van der Waals surface area contributed by atoms with Crippen molar-refractivity contribution >= 4 is 17.3 Å². The summed E-state index contributed by atoms with van der Waals surface area (Å²) in [6.45, 7) is 3.41. The highest BCUT2D eigenvalue weighted by Gasteiger charge is 2.28. The molecule has 0 radical (unpaired) electrons. The van der Waals surface area contributed by atoms with E-state index in [1.807, 2.05) is 42.7 Å². The molecule has 0 unspecified atom stereocenters. The number of nitrogens with one attached hydrogen (secondary N) is 1. The second kappa shape index (κ2) is 9.86. The van der Waals surface area contributed by atoms with Crippen LogP contribution in [-0.4, -0.2) is 33.4 Å². The number of allylic oxidation sites excluding steroid dienone is 1. The predicted molar refractivity (Wildman–Crippen MR) is 130 cm³/mol. The summed E-state index contributed by atoms with van der Waals surface area (Å²) in [6.07, 6.45) is 7.43. The van der Waals surface area contributed by atoms with Gasteiger partial charge in [0, 0.05) is 29.4 Å². The average Bonchev–Trinajstić information content (AvgIpc) is 3.32. The van der Waals surface area contributed by atoms with Crippen molar-refractivity contribution in [3.8, 4) is 5.75 Å². The number of hydrogen-bond donors (Lipinski definition) is 2. The smallest absolute Gasteiger partial charge is 0.312 e. The summed E-state index contributed by atoms with van der Waals surface area (Å²) in [6, 6.07) is 18.1. The Bertz CT molecular complexity index is 1160. The maximum atomic E-state index is 11.2. The van der Waals surface area contributed by atoms with Crippen molar-refractivity contribution in [1.82, 2.24) is 9.97 Å². The molecule has 2 aromatic carbocycles. The summed E-state index contributed by atoms with van der Waals surface area (Å²) >= 11 is 0. The molecular formula is C27H29N3O3. The van der Waals surface area contributed by atoms with Gasteiger partial charge in [0.1, 0.15) is 18.2 Å². The summed E-state index contributed by atoms with van der Waals surface area (Å²) in [5.41, 5.74) is 4.69. The minimum atomic E-state index is -0.930. The zero-order valence-electron chi connectivity index (χ0n) is 19.0. The number of hydrogen-bond acceptors (Lipinski definition) is 4. The summed E-state index contributed by atoms with van der Waals surface area (Å²) in [5, 5.41) is 9.20. The lowest BCUT2D eigenvalue weighted by molar-refractivity contribution is -0.148. The number of carboxylic acid groups (broad SMARTS) is 1. The van der Waals surface area contributed by atoms with Gasteiger partial charge in [0.05, 0.1) is 5.41 Å². The molecule has 1 aliphatic heterocycles. The van der Waals surface area contributed by atoms with E-state index in [1.54, 1.807) is 13.8 Å². The van der Waals surface area contributed by atoms with E-state index >= 15 is 0 Å². The monoisotopic (exact) mass is 443 g/mol. The van der Waals surface area contributed by atoms with Gasteiger partial charge in [-0.2, -0.15) is 0 Å². The van der Waals surface area contributed by atoms with Gasteiger partial charge in [-0.25, -0.2) is 4.98 Å². The van der Waals surface area contributed by atoms with Crippen LogP contribution in [0, 0.1) is 5.41 Å². The highest BCUT2D eigenvalue weighted by atomic mass is 16.5. The van der Waals surface area contributed by atoms with Crippen LogP contribution in [-0.2, 0) is 17.6 Å². The van der Waals surface area contributed by atoms with Crippen LogP contribution < -0.4 is 4.74 Å². The quantitative estimate of drug-likeness (QED) is 0.469. The highest BCUT2D eigenvalue weighted by Crippen LogP contribution is 2.25. The van der Waals surface area contributed by atoms with Gasteiger partial charge in [0.2, 0.25) is 0 Å². The first-order chi connectivity index (χ1) is 15.9. The fourth-order valence-corrected chi connectivity index (χ4v) is 3.58. The number of carboxylic acids is 1. The number of aliphatic imine (C=N–C) groups is 1. The topological polar surface area (TPSA) is 87.6 Å². The Labute approximate surface area is 194 Å². The van der Waals surface area contributed by atoms with Crippen LogP contribution in [0.1, 0.15) is 49.3 Å². The maximum absolute atomic E-state index is 11.2. The number of rotatable bonds is 9. The van der Waals surface area contributed by atoms with Crippen LogP contribution >= 0.6 is 0 Å². The van der Waals surface area contributed by atoms with Crippen molar-refractivity contribution in [2.45, 2.75) is 39.5 Å². The van der Waals surface area contributed by atoms with Gasteiger partial charge in [-0.1, -0.05) is 30.3 Å². The third-order valence-electron chi connectivity index (χ3n) is 5.83. The number of nitrogens with zero attached hydrogens (tertiary/aromatic N) is 2. The minimum absolute atomic E-state index is 0.116. The fourth-order valence-electron chi connectivity index (χ4n) is 3.58. The Kier molecular flexibility index (Phi) is 6.73. The van der Waals surface area contributed by atoms with Gasteiger partial charge in [0.25, 0.3) is 0 Å². The molecule has 0 saturated heterocycles. The number of aromatic amines is 1. The van der Waals surface area contributed by atoms with E-state index in [0.29, 0.717) is 5.75 Å². The van der Waals surface area contributed by atoms with E-state index < -0.39 is 11.4 Å². The molecule has 1 aliphatic rings. The number of carbonyl (C=O) groups is 1. The Balaban J connectivity index is 1.36. The molecule has 4 rings (SSSR count). The lowest BCUT2D eigenvalue weighted by atomic mass is 9.95. The molecule has 0 amide bonds. The summed E-state index contributed by atoms with van der Waals surface area (Å²) in [4.78, 5) is 23.9. The maximum Gasteiger partial charge on any atom is 0.312 e. The van der Waals surface area contributed by atoms with Crippen LogP contribution in [0.15, 0.2) is 72.0 Å². The van der Waals surface area contributed by atoms with Gasteiger partial charge in [0.15, 0.2) is 0 Å². The molecule has 1 aromatic heterocycles. The zero-order chi connectivity index (χ0) is 23.3. The molecule has 6 nitrogen and oxygen atoms in total. The van der Waals surface area contributed by atoms with E-state index in [-0.39, 0.29) is 6.61 Å². The molecule has 6 heteroatoms. The normalized spacial score (nSPS) is 13.9. The molecule has 0 atom stereocenters. The Hall–Kier alpha value is -3.67. The second-order valence-electron chi connectivity index (χ2n) is 8.97. The number of imidazole rings is 1. The van der Waals surface area contributed by atoms with E-state index in [0.717, 1.165) is 54.0 Å². The molecule has 0 saturated carbocycles. The third-order valence-corrected chi connectivity index (χ3v) is 5.83. The summed E-state index contributed by atoms with van der Waals surface area (Å²) < 4.78 is 5.65. The van der Waals surface area contributed by atoms with Gasteiger partial charge < -0.3 is 14.8 Å². The number of H-pyrrole nitrogens is 1. The van der Waals surface area contributed by atoms with Crippen molar-refractivity contribution in [2.75, 3.05) is 6.61 Å². The van der Waals surface area contributed by atoms with Crippen LogP contribution in [0.4, 0.5) is 0 Å². The molecule has 0 fully saturated rings. The molecule has 3 aromatic rings. The first-order valence-electron chi connectivity index (χ1n) is 11.2. The number of aryl methyl sites for hydroxylation is 2. The van der Waals surface area contributed by atoms with Crippen LogP contribution in [0.2, 0.25) is 0 Å². The second-order valence-corrected chi connectivity index (χ2v) is 8.97. The highest BCUT2D eigenvalue weighted by molar-refractivity contribution is 6.02. The first-order valence-corrected chi connectivity index (χ1v) is 11.2. The van der Waals surface area contributed by atoms with Crippen molar-refractivity contribution in [1.29, 1.82) is 0 Å². The molecule has 0 aliphatic carbocycles. The summed E-state index contributed by atoms with van der Waals surface area (Å²) in [7, 11) is 0. The molecule has 2 heterocycles. The molecule has 170 valence electrons. The number of aromatic nitrogens is 2. The molecular weight excluding hydrogens is 414 g/mol. The van der Waals surface area contributed by atoms with Crippen LogP contribution in [0.25, 0.3) is 5.57 Å². The van der Waals surface area contributed by atoms with Gasteiger partial charge in [-0.15, -0.1) is 0 Å². The van der Waals surface area contributed by atoms with E-state index in [2.05, 4.69) is 39.2 Å². The van der Waals surface area contributed by atoms with E-state index in [1.165, 1.54) is 5.56 Å². The van der Waals surface area contributed by atoms with E-state index in [9.17, 15) is 9.90 Å². The van der Waals surface area contributed by atoms with Crippen molar-refractivity contribution in [3.63, 3.8) is 0 Å². The lowest BCUT2D eigenvalue weighted by Gasteiger charge is -2.19. The fraction of sp³-hybridized carbons (Fsp3) is 0.296. The molecule has 0 bridgehead atoms.